The molecule has 0 N–H and O–H groups in total. The van der Waals surface area contributed by atoms with E-state index < -0.39 is 0 Å². The van der Waals surface area contributed by atoms with Crippen LogP contribution in [0.5, 0.6) is 0 Å². The Morgan fingerprint density at radius 2 is 1.88 bits per heavy atom. The highest BCUT2D eigenvalue weighted by Crippen LogP contribution is 2.32. The summed E-state index contributed by atoms with van der Waals surface area (Å²) >= 11 is 1.20. The molecule has 2 aliphatic rings. The van der Waals surface area contributed by atoms with E-state index in [1.165, 1.54) is 11.8 Å². The highest BCUT2D eigenvalue weighted by Gasteiger charge is 2.37. The molecular weight excluding hydrogens is 328 g/mol. The lowest BCUT2D eigenvalue weighted by molar-refractivity contribution is -0.0664. The average molecular weight is 359 g/mol. The molecule has 0 bridgehead atoms. The van der Waals surface area contributed by atoms with Gasteiger partial charge in [0.25, 0.3) is 0 Å². The third-order valence-electron chi connectivity index (χ3n) is 3.92. The summed E-state index contributed by atoms with van der Waals surface area (Å²) in [6.07, 6.45) is 2.90. The van der Waals surface area contributed by atoms with Crippen molar-refractivity contribution in [3.63, 3.8) is 0 Å². The van der Waals surface area contributed by atoms with Crippen LogP contribution < -0.4 is 0 Å². The zero-order valence-electron chi connectivity index (χ0n) is 15.5. The quantitative estimate of drug-likeness (QED) is 0.554. The number of hydrogen-bond donors (Lipinski definition) is 0. The van der Waals surface area contributed by atoms with Gasteiger partial charge in [0.05, 0.1) is 23.9 Å². The lowest BCUT2D eigenvalue weighted by atomic mass is 9.92. The van der Waals surface area contributed by atoms with E-state index in [1.807, 2.05) is 47.6 Å². The Kier molecular flexibility index (Phi) is 6.76. The van der Waals surface area contributed by atoms with Gasteiger partial charge in [-0.3, -0.25) is 0 Å². The van der Waals surface area contributed by atoms with Crippen molar-refractivity contribution in [1.82, 2.24) is 0 Å². The van der Waals surface area contributed by atoms with Crippen molar-refractivity contribution in [3.8, 4) is 0 Å². The number of thioether (sulfide) groups is 1. The first-order valence-corrected chi connectivity index (χ1v) is 9.48. The molecule has 1 aliphatic heterocycles. The van der Waals surface area contributed by atoms with Crippen LogP contribution in [0.1, 0.15) is 54.4 Å². The van der Waals surface area contributed by atoms with Crippen molar-refractivity contribution >= 4 is 17.1 Å². The van der Waals surface area contributed by atoms with Crippen molar-refractivity contribution in [2.75, 3.05) is 6.79 Å². The number of carbonyl (C=O) groups excluding carboxylic acids is 1. The van der Waals surface area contributed by atoms with Crippen molar-refractivity contribution in [2.24, 2.45) is 0 Å². The van der Waals surface area contributed by atoms with Gasteiger partial charge < -0.3 is 18.9 Å². The summed E-state index contributed by atoms with van der Waals surface area (Å²) in [7, 11) is 0. The highest BCUT2D eigenvalue weighted by atomic mass is 32.2. The van der Waals surface area contributed by atoms with E-state index in [0.29, 0.717) is 6.42 Å². The zero-order valence-corrected chi connectivity index (χ0v) is 16.4. The smallest absolute Gasteiger partial charge is 0.368 e. The largest absolute Gasteiger partial charge is 0.450 e. The van der Waals surface area contributed by atoms with Gasteiger partial charge in [0.2, 0.25) is 0 Å². The first-order chi connectivity index (χ1) is 11.1. The van der Waals surface area contributed by atoms with Crippen LogP contribution in [0.3, 0.4) is 0 Å². The number of fused-ring (bicyclic) bond motifs is 1. The Morgan fingerprint density at radius 1 is 1.25 bits per heavy atom. The molecule has 4 atom stereocenters. The fraction of sp³-hybridized carbons (Fsp3) is 0.833. The van der Waals surface area contributed by atoms with Crippen LogP contribution in [-0.2, 0) is 18.9 Å². The topological polar surface area (TPSA) is 54.0 Å². The van der Waals surface area contributed by atoms with Gasteiger partial charge in [0.15, 0.2) is 0 Å². The van der Waals surface area contributed by atoms with E-state index in [-0.39, 0.29) is 47.4 Å². The van der Waals surface area contributed by atoms with Crippen LogP contribution in [0.2, 0.25) is 0 Å². The molecule has 1 saturated heterocycles. The SMILES string of the molecule is C/C1=C\C(OC(=O)SC(C)C)CC2OCOC2CC1OC(C)(C)C. The fourth-order valence-electron chi connectivity index (χ4n) is 2.96. The maximum Gasteiger partial charge on any atom is 0.368 e. The molecule has 1 heterocycles. The molecular formula is C18H30O5S. The second-order valence-electron chi connectivity index (χ2n) is 7.70. The second-order valence-corrected chi connectivity index (χ2v) is 9.21. The van der Waals surface area contributed by atoms with Gasteiger partial charge in [0.1, 0.15) is 12.9 Å². The number of carbonyl (C=O) groups is 1. The summed E-state index contributed by atoms with van der Waals surface area (Å²) in [5.41, 5.74) is 0.819. The second kappa shape index (κ2) is 8.21. The van der Waals surface area contributed by atoms with E-state index in [0.717, 1.165) is 12.0 Å². The van der Waals surface area contributed by atoms with Gasteiger partial charge in [0, 0.05) is 18.1 Å². The van der Waals surface area contributed by atoms with Crippen LogP contribution >= 0.6 is 11.8 Å². The minimum absolute atomic E-state index is 0.0278. The standard InChI is InChI=1S/C18H30O5S/c1-11(2)24-17(19)22-13-7-12(3)14(23-18(4,5)6)9-16-15(8-13)20-10-21-16/h7,11,13-16H,8-10H2,1-6H3/b12-7+. The molecule has 1 fully saturated rings. The summed E-state index contributed by atoms with van der Waals surface area (Å²) in [5.74, 6) is 0. The summed E-state index contributed by atoms with van der Waals surface area (Å²) in [5, 5.41) is -0.0460. The number of rotatable bonds is 3. The third kappa shape index (κ3) is 6.06. The highest BCUT2D eigenvalue weighted by molar-refractivity contribution is 8.13. The Morgan fingerprint density at radius 3 is 2.46 bits per heavy atom. The maximum absolute atomic E-state index is 12.0. The van der Waals surface area contributed by atoms with Gasteiger partial charge >= 0.3 is 5.30 Å². The minimum atomic E-state index is -0.315. The summed E-state index contributed by atoms with van der Waals surface area (Å²) in [6.45, 7) is 12.4. The van der Waals surface area contributed by atoms with Gasteiger partial charge in [-0.2, -0.15) is 0 Å². The van der Waals surface area contributed by atoms with E-state index in [2.05, 4.69) is 0 Å². The Balaban J connectivity index is 2.15. The maximum atomic E-state index is 12.0. The summed E-state index contributed by atoms with van der Waals surface area (Å²) in [6, 6.07) is 0. The molecule has 0 spiro atoms. The Labute approximate surface area is 149 Å². The third-order valence-corrected chi connectivity index (χ3v) is 4.68. The molecule has 24 heavy (non-hydrogen) atoms. The molecule has 0 aromatic rings. The molecule has 4 unspecified atom stereocenters. The van der Waals surface area contributed by atoms with E-state index in [4.69, 9.17) is 18.9 Å². The molecule has 6 heteroatoms. The monoisotopic (exact) mass is 358 g/mol. The van der Waals surface area contributed by atoms with E-state index in [1.54, 1.807) is 0 Å². The van der Waals surface area contributed by atoms with Crippen molar-refractivity contribution in [3.05, 3.63) is 11.6 Å². The van der Waals surface area contributed by atoms with Crippen molar-refractivity contribution < 1.29 is 23.7 Å². The predicted molar refractivity (Wildman–Crippen MR) is 95.2 cm³/mol. The molecule has 1 aliphatic carbocycles. The van der Waals surface area contributed by atoms with Gasteiger partial charge in [-0.1, -0.05) is 13.8 Å². The van der Waals surface area contributed by atoms with Gasteiger partial charge in [-0.15, -0.1) is 0 Å². The molecule has 0 aromatic heterocycles. The molecule has 0 saturated carbocycles. The van der Waals surface area contributed by atoms with Crippen molar-refractivity contribution in [1.29, 1.82) is 0 Å². The number of hydrogen-bond acceptors (Lipinski definition) is 6. The first kappa shape index (κ1) is 19.8. The van der Waals surface area contributed by atoms with Crippen molar-refractivity contribution in [2.45, 2.75) is 89.7 Å². The van der Waals surface area contributed by atoms with Crippen LogP contribution in [0.15, 0.2) is 11.6 Å². The summed E-state index contributed by atoms with van der Waals surface area (Å²) in [4.78, 5) is 12.0. The average Bonchev–Trinajstić information content (AvgIpc) is 2.80. The minimum Gasteiger partial charge on any atom is -0.450 e. The van der Waals surface area contributed by atoms with Gasteiger partial charge in [-0.25, -0.2) is 4.79 Å². The lowest BCUT2D eigenvalue weighted by Crippen LogP contribution is -2.38. The Bertz CT molecular complexity index is 469. The Hall–Kier alpha value is -0.560. The molecule has 0 amide bonds. The van der Waals surface area contributed by atoms with Gasteiger partial charge in [-0.05, 0) is 51.1 Å². The summed E-state index contributed by atoms with van der Waals surface area (Å²) < 4.78 is 23.3. The van der Waals surface area contributed by atoms with Crippen LogP contribution in [-0.4, -0.2) is 47.4 Å². The van der Waals surface area contributed by atoms with E-state index in [9.17, 15) is 4.79 Å². The lowest BCUT2D eigenvalue weighted by Gasteiger charge is -2.33. The predicted octanol–water partition coefficient (Wildman–Crippen LogP) is 4.30. The molecule has 2 rings (SSSR count). The molecule has 5 nitrogen and oxygen atoms in total. The molecule has 0 aromatic carbocycles. The van der Waals surface area contributed by atoms with Crippen LogP contribution in [0, 0.1) is 0 Å². The first-order valence-electron chi connectivity index (χ1n) is 8.60. The molecule has 138 valence electrons. The normalized spacial score (nSPS) is 33.4. The number of ether oxygens (including phenoxy) is 4. The fourth-order valence-corrected chi connectivity index (χ4v) is 3.52. The zero-order chi connectivity index (χ0) is 17.9. The van der Waals surface area contributed by atoms with Crippen LogP contribution in [0.4, 0.5) is 4.79 Å². The van der Waals surface area contributed by atoms with E-state index >= 15 is 0 Å². The molecule has 0 radical (unpaired) electrons. The van der Waals surface area contributed by atoms with Crippen LogP contribution in [0.25, 0.3) is 0 Å².